The molecule has 0 radical (unpaired) electrons. The SMILES string of the molecule is C1CNCPOC1. The minimum atomic E-state index is 0.684. The molecule has 42 valence electrons. The lowest BCUT2D eigenvalue weighted by molar-refractivity contribution is 0.364. The number of rotatable bonds is 0. The van der Waals surface area contributed by atoms with Crippen LogP contribution in [0.25, 0.3) is 0 Å². The number of hydrogen-bond donors (Lipinski definition) is 1. The van der Waals surface area contributed by atoms with Crippen molar-refractivity contribution in [2.24, 2.45) is 0 Å². The molecule has 1 atom stereocenters. The zero-order valence-electron chi connectivity index (χ0n) is 4.24. The van der Waals surface area contributed by atoms with Gasteiger partial charge in [0.15, 0.2) is 0 Å². The minimum Gasteiger partial charge on any atom is -0.361 e. The molecular weight excluding hydrogens is 109 g/mol. The lowest BCUT2D eigenvalue weighted by Crippen LogP contribution is -2.10. The van der Waals surface area contributed by atoms with Crippen molar-refractivity contribution in [3.8, 4) is 0 Å². The molecular formula is C4H10NOP. The van der Waals surface area contributed by atoms with E-state index in [0.717, 1.165) is 19.4 Å². The van der Waals surface area contributed by atoms with E-state index >= 15 is 0 Å². The van der Waals surface area contributed by atoms with E-state index in [1.54, 1.807) is 0 Å². The fourth-order valence-electron chi connectivity index (χ4n) is 0.532. The average Bonchev–Trinajstić information content (AvgIpc) is 1.90. The van der Waals surface area contributed by atoms with Crippen LogP contribution in [0, 0.1) is 0 Å². The molecule has 1 unspecified atom stereocenters. The second-order valence-corrected chi connectivity index (χ2v) is 2.45. The van der Waals surface area contributed by atoms with Crippen LogP contribution in [0.5, 0.6) is 0 Å². The molecule has 0 aromatic carbocycles. The van der Waals surface area contributed by atoms with Crippen molar-refractivity contribution in [2.75, 3.05) is 19.4 Å². The number of hydrogen-bond acceptors (Lipinski definition) is 2. The molecule has 2 nitrogen and oxygen atoms in total. The summed E-state index contributed by atoms with van der Waals surface area (Å²) in [6.07, 6.45) is 2.23. The topological polar surface area (TPSA) is 21.3 Å². The first-order valence-corrected chi connectivity index (χ1v) is 3.67. The Kier molecular flexibility index (Phi) is 2.64. The quantitative estimate of drug-likeness (QED) is 0.470. The van der Waals surface area contributed by atoms with E-state index in [2.05, 4.69) is 5.32 Å². The summed E-state index contributed by atoms with van der Waals surface area (Å²) in [6, 6.07) is 0. The van der Waals surface area contributed by atoms with E-state index in [-0.39, 0.29) is 0 Å². The van der Waals surface area contributed by atoms with Gasteiger partial charge in [0.2, 0.25) is 0 Å². The highest BCUT2D eigenvalue weighted by molar-refractivity contribution is 7.32. The smallest absolute Gasteiger partial charge is 0.0518 e. The van der Waals surface area contributed by atoms with Crippen LogP contribution in [-0.2, 0) is 4.52 Å². The Morgan fingerprint density at radius 3 is 3.57 bits per heavy atom. The molecule has 1 aliphatic heterocycles. The van der Waals surface area contributed by atoms with Gasteiger partial charge >= 0.3 is 0 Å². The maximum Gasteiger partial charge on any atom is 0.0518 e. The largest absolute Gasteiger partial charge is 0.361 e. The van der Waals surface area contributed by atoms with Crippen LogP contribution >= 0.6 is 8.81 Å². The standard InChI is InChI=1S/C4H10NOP/c1-2-5-4-7-6-3-1/h5,7H,1-4H2. The fourth-order valence-corrected chi connectivity index (χ4v) is 1.20. The Balaban J connectivity index is 2.04. The summed E-state index contributed by atoms with van der Waals surface area (Å²) in [5.41, 5.74) is 0. The Bertz CT molecular complexity index is 31.3. The van der Waals surface area contributed by atoms with Gasteiger partial charge in [-0.3, -0.25) is 0 Å². The molecule has 1 fully saturated rings. The van der Waals surface area contributed by atoms with Crippen molar-refractivity contribution < 1.29 is 4.52 Å². The Morgan fingerprint density at radius 1 is 1.57 bits per heavy atom. The monoisotopic (exact) mass is 119 g/mol. The minimum absolute atomic E-state index is 0.684. The van der Waals surface area contributed by atoms with Gasteiger partial charge < -0.3 is 9.84 Å². The molecule has 1 aliphatic rings. The highest BCUT2D eigenvalue weighted by atomic mass is 31.1. The predicted octanol–water partition coefficient (Wildman–Crippen LogP) is 0.547. The fraction of sp³-hybridized carbons (Fsp3) is 1.00. The van der Waals surface area contributed by atoms with Crippen LogP contribution in [0.1, 0.15) is 6.42 Å². The normalized spacial score (nSPS) is 27.4. The summed E-state index contributed by atoms with van der Waals surface area (Å²) < 4.78 is 5.16. The average molecular weight is 119 g/mol. The second-order valence-electron chi connectivity index (χ2n) is 1.52. The Morgan fingerprint density at radius 2 is 2.57 bits per heavy atom. The van der Waals surface area contributed by atoms with E-state index in [1.165, 1.54) is 6.42 Å². The third-order valence-corrected chi connectivity index (χ3v) is 1.70. The Labute approximate surface area is 45.5 Å². The first-order chi connectivity index (χ1) is 3.50. The third kappa shape index (κ3) is 2.22. The lowest BCUT2D eigenvalue weighted by Gasteiger charge is -1.91. The maximum absolute atomic E-state index is 5.16. The van der Waals surface area contributed by atoms with E-state index in [0.29, 0.717) is 8.81 Å². The second kappa shape index (κ2) is 3.36. The van der Waals surface area contributed by atoms with Gasteiger partial charge in [-0.25, -0.2) is 0 Å². The first kappa shape index (κ1) is 5.49. The zero-order valence-corrected chi connectivity index (χ0v) is 5.24. The van der Waals surface area contributed by atoms with Crippen LogP contribution in [0.15, 0.2) is 0 Å². The summed E-state index contributed by atoms with van der Waals surface area (Å²) in [5.74, 6) is 0. The van der Waals surface area contributed by atoms with Gasteiger partial charge in [0.25, 0.3) is 0 Å². The van der Waals surface area contributed by atoms with E-state index < -0.39 is 0 Å². The molecule has 1 heterocycles. The van der Waals surface area contributed by atoms with Gasteiger partial charge in [0, 0.05) is 15.1 Å². The molecule has 0 aromatic rings. The molecule has 1 N–H and O–H groups in total. The molecule has 0 aliphatic carbocycles. The highest BCUT2D eigenvalue weighted by Gasteiger charge is 1.93. The van der Waals surface area contributed by atoms with Crippen molar-refractivity contribution in [3.05, 3.63) is 0 Å². The molecule has 0 aromatic heterocycles. The molecule has 0 saturated carbocycles. The molecule has 0 amide bonds. The van der Waals surface area contributed by atoms with Gasteiger partial charge in [0.1, 0.15) is 0 Å². The first-order valence-electron chi connectivity index (χ1n) is 2.55. The third-order valence-electron chi connectivity index (χ3n) is 0.899. The van der Waals surface area contributed by atoms with Crippen molar-refractivity contribution in [1.82, 2.24) is 5.32 Å². The van der Waals surface area contributed by atoms with E-state index in [1.807, 2.05) is 0 Å². The summed E-state index contributed by atoms with van der Waals surface area (Å²) in [4.78, 5) is 0. The Hall–Kier alpha value is 0.350. The summed E-state index contributed by atoms with van der Waals surface area (Å²) in [5, 5.41) is 3.23. The summed E-state index contributed by atoms with van der Waals surface area (Å²) >= 11 is 0. The van der Waals surface area contributed by atoms with Crippen molar-refractivity contribution in [3.63, 3.8) is 0 Å². The number of nitrogens with one attached hydrogen (secondary N) is 1. The predicted molar refractivity (Wildman–Crippen MR) is 31.8 cm³/mol. The van der Waals surface area contributed by atoms with Crippen LogP contribution in [0.4, 0.5) is 0 Å². The van der Waals surface area contributed by atoms with Crippen LogP contribution in [-0.4, -0.2) is 19.4 Å². The van der Waals surface area contributed by atoms with E-state index in [4.69, 9.17) is 4.52 Å². The summed E-state index contributed by atoms with van der Waals surface area (Å²) in [7, 11) is 0.684. The zero-order chi connectivity index (χ0) is 4.95. The molecule has 3 heteroatoms. The summed E-state index contributed by atoms with van der Waals surface area (Å²) in [6.45, 7) is 2.08. The maximum atomic E-state index is 5.16. The van der Waals surface area contributed by atoms with Crippen molar-refractivity contribution in [1.29, 1.82) is 0 Å². The molecule has 1 rings (SSSR count). The molecule has 0 bridgehead atoms. The lowest BCUT2D eigenvalue weighted by atomic mass is 10.5. The van der Waals surface area contributed by atoms with Crippen LogP contribution in [0.2, 0.25) is 0 Å². The van der Waals surface area contributed by atoms with Crippen molar-refractivity contribution in [2.45, 2.75) is 6.42 Å². The van der Waals surface area contributed by atoms with Gasteiger partial charge in [-0.2, -0.15) is 0 Å². The molecule has 1 saturated heterocycles. The van der Waals surface area contributed by atoms with Crippen LogP contribution in [0.3, 0.4) is 0 Å². The highest BCUT2D eigenvalue weighted by Crippen LogP contribution is 2.11. The van der Waals surface area contributed by atoms with Crippen molar-refractivity contribution >= 4 is 8.81 Å². The van der Waals surface area contributed by atoms with Gasteiger partial charge in [-0.05, 0) is 13.0 Å². The molecule has 0 spiro atoms. The van der Waals surface area contributed by atoms with E-state index in [9.17, 15) is 0 Å². The van der Waals surface area contributed by atoms with Gasteiger partial charge in [0.05, 0.1) is 6.61 Å². The van der Waals surface area contributed by atoms with Gasteiger partial charge in [-0.15, -0.1) is 0 Å². The molecule has 7 heavy (non-hydrogen) atoms. The van der Waals surface area contributed by atoms with Crippen LogP contribution < -0.4 is 5.32 Å². The van der Waals surface area contributed by atoms with Gasteiger partial charge in [-0.1, -0.05) is 0 Å².